The van der Waals surface area contributed by atoms with Crippen LogP contribution in [0.5, 0.6) is 0 Å². The van der Waals surface area contributed by atoms with Crippen molar-refractivity contribution < 1.29 is 4.92 Å². The van der Waals surface area contributed by atoms with E-state index < -0.39 is 4.92 Å². The van der Waals surface area contributed by atoms with Gasteiger partial charge in [-0.05, 0) is 54.3 Å². The first kappa shape index (κ1) is 13.8. The summed E-state index contributed by atoms with van der Waals surface area (Å²) in [4.78, 5) is 10.2. The lowest BCUT2D eigenvalue weighted by Crippen LogP contribution is -1.94. The van der Waals surface area contributed by atoms with Crippen molar-refractivity contribution in [3.63, 3.8) is 0 Å². The number of nitro benzene ring substituents is 1. The number of anilines is 1. The molecule has 0 aliphatic carbocycles. The summed E-state index contributed by atoms with van der Waals surface area (Å²) in [7, 11) is 0. The standard InChI is InChI=1S/C16H16N2O2/c1-11-12(2)16(17)10-7-14(11)6-3-13-4-8-15(9-5-13)18(19)20/h3-10H,17H2,1-2H3. The largest absolute Gasteiger partial charge is 0.399 e. The highest BCUT2D eigenvalue weighted by molar-refractivity contribution is 5.73. The Balaban J connectivity index is 2.25. The SMILES string of the molecule is Cc1c(N)ccc(C=Cc2ccc([N+](=O)[O-])cc2)c1C. The fraction of sp³-hybridized carbons (Fsp3) is 0.125. The molecule has 0 spiro atoms. The van der Waals surface area contributed by atoms with Gasteiger partial charge in [0.05, 0.1) is 4.92 Å². The summed E-state index contributed by atoms with van der Waals surface area (Å²) in [5, 5.41) is 10.6. The highest BCUT2D eigenvalue weighted by atomic mass is 16.6. The molecule has 0 heterocycles. The van der Waals surface area contributed by atoms with E-state index in [2.05, 4.69) is 0 Å². The molecular weight excluding hydrogens is 252 g/mol. The molecule has 4 nitrogen and oxygen atoms in total. The van der Waals surface area contributed by atoms with Gasteiger partial charge in [0.2, 0.25) is 0 Å². The lowest BCUT2D eigenvalue weighted by Gasteiger charge is -2.07. The lowest BCUT2D eigenvalue weighted by atomic mass is 10.0. The van der Waals surface area contributed by atoms with Crippen LogP contribution in [0, 0.1) is 24.0 Å². The number of nitro groups is 1. The molecule has 0 radical (unpaired) electrons. The van der Waals surface area contributed by atoms with E-state index in [4.69, 9.17) is 5.73 Å². The van der Waals surface area contributed by atoms with Crippen molar-refractivity contribution in [1.29, 1.82) is 0 Å². The molecule has 2 aromatic rings. The molecule has 102 valence electrons. The zero-order valence-corrected chi connectivity index (χ0v) is 11.5. The quantitative estimate of drug-likeness (QED) is 0.396. The van der Waals surface area contributed by atoms with Crippen molar-refractivity contribution in [3.8, 4) is 0 Å². The number of hydrogen-bond acceptors (Lipinski definition) is 3. The topological polar surface area (TPSA) is 69.2 Å². The summed E-state index contributed by atoms with van der Waals surface area (Å²) >= 11 is 0. The van der Waals surface area contributed by atoms with E-state index in [0.29, 0.717) is 0 Å². The zero-order valence-electron chi connectivity index (χ0n) is 11.5. The van der Waals surface area contributed by atoms with Crippen LogP contribution in [0.2, 0.25) is 0 Å². The van der Waals surface area contributed by atoms with E-state index in [1.807, 2.05) is 38.1 Å². The molecule has 0 bridgehead atoms. The van der Waals surface area contributed by atoms with E-state index in [9.17, 15) is 10.1 Å². The molecule has 0 fully saturated rings. The van der Waals surface area contributed by atoms with Gasteiger partial charge in [-0.25, -0.2) is 0 Å². The third kappa shape index (κ3) is 2.85. The van der Waals surface area contributed by atoms with Crippen LogP contribution in [0.15, 0.2) is 36.4 Å². The second-order valence-corrected chi connectivity index (χ2v) is 4.68. The Morgan fingerprint density at radius 3 is 2.25 bits per heavy atom. The molecule has 0 saturated carbocycles. The highest BCUT2D eigenvalue weighted by Crippen LogP contribution is 2.21. The fourth-order valence-electron chi connectivity index (χ4n) is 1.94. The molecule has 0 aliphatic heterocycles. The van der Waals surface area contributed by atoms with Crippen LogP contribution in [-0.4, -0.2) is 4.92 Å². The fourth-order valence-corrected chi connectivity index (χ4v) is 1.94. The molecular formula is C16H16N2O2. The minimum absolute atomic E-state index is 0.0988. The van der Waals surface area contributed by atoms with Crippen LogP contribution in [0.1, 0.15) is 22.3 Å². The molecule has 2 rings (SSSR count). The molecule has 0 amide bonds. The molecule has 2 aromatic carbocycles. The predicted molar refractivity (Wildman–Crippen MR) is 82.4 cm³/mol. The number of nitrogens with two attached hydrogens (primary N) is 1. The number of hydrogen-bond donors (Lipinski definition) is 1. The second-order valence-electron chi connectivity index (χ2n) is 4.68. The number of nitrogens with zero attached hydrogens (tertiary/aromatic N) is 1. The van der Waals surface area contributed by atoms with Gasteiger partial charge in [0.25, 0.3) is 5.69 Å². The molecule has 4 heteroatoms. The molecule has 0 atom stereocenters. The van der Waals surface area contributed by atoms with E-state index in [-0.39, 0.29) is 5.69 Å². The van der Waals surface area contributed by atoms with Gasteiger partial charge in [-0.15, -0.1) is 0 Å². The first-order chi connectivity index (χ1) is 9.49. The average molecular weight is 268 g/mol. The molecule has 0 aliphatic rings. The van der Waals surface area contributed by atoms with Gasteiger partial charge in [-0.1, -0.05) is 18.2 Å². The maximum atomic E-state index is 10.6. The first-order valence-electron chi connectivity index (χ1n) is 6.27. The maximum absolute atomic E-state index is 10.6. The van der Waals surface area contributed by atoms with Gasteiger partial charge in [-0.2, -0.15) is 0 Å². The Kier molecular flexibility index (Phi) is 3.84. The van der Waals surface area contributed by atoms with E-state index in [0.717, 1.165) is 27.9 Å². The van der Waals surface area contributed by atoms with Gasteiger partial charge in [0, 0.05) is 17.8 Å². The van der Waals surface area contributed by atoms with Crippen LogP contribution >= 0.6 is 0 Å². The number of benzene rings is 2. The summed E-state index contributed by atoms with van der Waals surface area (Å²) in [6, 6.07) is 10.3. The van der Waals surface area contributed by atoms with Crippen LogP contribution in [0.3, 0.4) is 0 Å². The van der Waals surface area contributed by atoms with Gasteiger partial charge in [-0.3, -0.25) is 10.1 Å². The maximum Gasteiger partial charge on any atom is 0.269 e. The molecule has 0 aromatic heterocycles. The van der Waals surface area contributed by atoms with Crippen molar-refractivity contribution in [2.24, 2.45) is 0 Å². The minimum Gasteiger partial charge on any atom is -0.399 e. The molecule has 0 unspecified atom stereocenters. The van der Waals surface area contributed by atoms with Crippen LogP contribution < -0.4 is 5.73 Å². The summed E-state index contributed by atoms with van der Waals surface area (Å²) in [5.41, 5.74) is 11.0. The second kappa shape index (κ2) is 5.57. The Bertz CT molecular complexity index is 674. The normalized spacial score (nSPS) is 10.9. The van der Waals surface area contributed by atoms with Crippen LogP contribution in [0.4, 0.5) is 11.4 Å². The third-order valence-electron chi connectivity index (χ3n) is 3.43. The lowest BCUT2D eigenvalue weighted by molar-refractivity contribution is -0.384. The smallest absolute Gasteiger partial charge is 0.269 e. The first-order valence-corrected chi connectivity index (χ1v) is 6.27. The number of rotatable bonds is 3. The molecule has 0 saturated heterocycles. The van der Waals surface area contributed by atoms with Gasteiger partial charge in [0.15, 0.2) is 0 Å². The third-order valence-corrected chi connectivity index (χ3v) is 3.43. The van der Waals surface area contributed by atoms with Crippen LogP contribution in [-0.2, 0) is 0 Å². The van der Waals surface area contributed by atoms with Crippen molar-refractivity contribution in [2.75, 3.05) is 5.73 Å². The van der Waals surface area contributed by atoms with Crippen LogP contribution in [0.25, 0.3) is 12.2 Å². The average Bonchev–Trinajstić information content (AvgIpc) is 2.44. The van der Waals surface area contributed by atoms with E-state index in [1.165, 1.54) is 12.1 Å². The monoisotopic (exact) mass is 268 g/mol. The zero-order chi connectivity index (χ0) is 14.7. The Hall–Kier alpha value is -2.62. The van der Waals surface area contributed by atoms with Gasteiger partial charge < -0.3 is 5.73 Å². The summed E-state index contributed by atoms with van der Waals surface area (Å²) in [6.45, 7) is 4.02. The summed E-state index contributed by atoms with van der Waals surface area (Å²) in [5.74, 6) is 0. The van der Waals surface area contributed by atoms with Crippen molar-refractivity contribution >= 4 is 23.5 Å². The number of non-ortho nitro benzene ring substituents is 1. The van der Waals surface area contributed by atoms with Gasteiger partial charge in [0.1, 0.15) is 0 Å². The predicted octanol–water partition coefficient (Wildman–Crippen LogP) is 3.96. The Labute approximate surface area is 117 Å². The molecule has 20 heavy (non-hydrogen) atoms. The van der Waals surface area contributed by atoms with Crippen molar-refractivity contribution in [2.45, 2.75) is 13.8 Å². The summed E-state index contributed by atoms with van der Waals surface area (Å²) < 4.78 is 0. The highest BCUT2D eigenvalue weighted by Gasteiger charge is 2.03. The minimum atomic E-state index is -0.402. The Morgan fingerprint density at radius 2 is 1.65 bits per heavy atom. The number of nitrogen functional groups attached to an aromatic ring is 1. The van der Waals surface area contributed by atoms with Gasteiger partial charge >= 0.3 is 0 Å². The molecule has 2 N–H and O–H groups in total. The Morgan fingerprint density at radius 1 is 1.00 bits per heavy atom. The van der Waals surface area contributed by atoms with Crippen molar-refractivity contribution in [1.82, 2.24) is 0 Å². The van der Waals surface area contributed by atoms with Crippen molar-refractivity contribution in [3.05, 3.63) is 68.8 Å². The van der Waals surface area contributed by atoms with E-state index in [1.54, 1.807) is 12.1 Å². The van der Waals surface area contributed by atoms with E-state index >= 15 is 0 Å². The summed E-state index contributed by atoms with van der Waals surface area (Å²) in [6.07, 6.45) is 3.92.